The summed E-state index contributed by atoms with van der Waals surface area (Å²) in [6.07, 6.45) is 9.50. The Morgan fingerprint density at radius 1 is 1.26 bits per heavy atom. The molecule has 1 fully saturated rings. The van der Waals surface area contributed by atoms with Crippen LogP contribution in [0.3, 0.4) is 0 Å². The lowest BCUT2D eigenvalue weighted by atomic mass is 9.94. The Balaban J connectivity index is 1.94. The quantitative estimate of drug-likeness (QED) is 0.749. The zero-order chi connectivity index (χ0) is 13.5. The van der Waals surface area contributed by atoms with Crippen molar-refractivity contribution in [1.29, 1.82) is 0 Å². The van der Waals surface area contributed by atoms with Crippen LogP contribution in [0.2, 0.25) is 0 Å². The van der Waals surface area contributed by atoms with Gasteiger partial charge in [-0.2, -0.15) is 0 Å². The molecule has 0 bridgehead atoms. The van der Waals surface area contributed by atoms with Crippen molar-refractivity contribution >= 4 is 15.9 Å². The molecule has 1 aliphatic rings. The van der Waals surface area contributed by atoms with Crippen LogP contribution in [0.15, 0.2) is 28.7 Å². The highest BCUT2D eigenvalue weighted by molar-refractivity contribution is 9.10. The fourth-order valence-electron chi connectivity index (χ4n) is 3.17. The van der Waals surface area contributed by atoms with Gasteiger partial charge in [0.2, 0.25) is 0 Å². The van der Waals surface area contributed by atoms with Gasteiger partial charge in [0.15, 0.2) is 0 Å². The molecule has 0 aliphatic heterocycles. The van der Waals surface area contributed by atoms with Gasteiger partial charge in [-0.3, -0.25) is 0 Å². The molecule has 2 rings (SSSR count). The molecule has 1 atom stereocenters. The molecule has 1 saturated carbocycles. The van der Waals surface area contributed by atoms with Crippen LogP contribution in [0.1, 0.15) is 51.0 Å². The minimum Gasteiger partial charge on any atom is -0.314 e. The average Bonchev–Trinajstić information content (AvgIpc) is 2.91. The molecule has 0 aromatic heterocycles. The molecule has 19 heavy (non-hydrogen) atoms. The number of nitrogens with one attached hydrogen (secondary N) is 1. The molecule has 1 aromatic rings. The highest BCUT2D eigenvalue weighted by Crippen LogP contribution is 2.30. The molecule has 0 spiro atoms. The Kier molecular flexibility index (Phi) is 6.39. The first-order valence-corrected chi connectivity index (χ1v) is 8.55. The van der Waals surface area contributed by atoms with E-state index in [0.717, 1.165) is 18.9 Å². The van der Waals surface area contributed by atoms with E-state index in [-0.39, 0.29) is 0 Å². The normalized spacial score (nSPS) is 17.8. The van der Waals surface area contributed by atoms with E-state index in [2.05, 4.69) is 52.4 Å². The van der Waals surface area contributed by atoms with Crippen LogP contribution in [-0.4, -0.2) is 12.6 Å². The third-order valence-corrected chi connectivity index (χ3v) is 4.97. The fourth-order valence-corrected chi connectivity index (χ4v) is 3.61. The number of halogens is 1. The number of benzene rings is 1. The van der Waals surface area contributed by atoms with Crippen molar-refractivity contribution in [3.63, 3.8) is 0 Å². The summed E-state index contributed by atoms with van der Waals surface area (Å²) in [5.74, 6) is 0.955. The predicted molar refractivity (Wildman–Crippen MR) is 86.5 cm³/mol. The van der Waals surface area contributed by atoms with E-state index >= 15 is 0 Å². The second kappa shape index (κ2) is 8.06. The fraction of sp³-hybridized carbons (Fsp3) is 0.647. The average molecular weight is 324 g/mol. The van der Waals surface area contributed by atoms with Gasteiger partial charge in [-0.05, 0) is 43.4 Å². The van der Waals surface area contributed by atoms with Crippen molar-refractivity contribution in [2.75, 3.05) is 6.54 Å². The summed E-state index contributed by atoms with van der Waals surface area (Å²) in [7, 11) is 0. The van der Waals surface area contributed by atoms with E-state index in [0.29, 0.717) is 6.04 Å². The predicted octanol–water partition coefficient (Wildman–Crippen LogP) is 4.94. The van der Waals surface area contributed by atoms with Gasteiger partial charge >= 0.3 is 0 Å². The largest absolute Gasteiger partial charge is 0.314 e. The van der Waals surface area contributed by atoms with Crippen LogP contribution in [0.25, 0.3) is 0 Å². The van der Waals surface area contributed by atoms with E-state index in [4.69, 9.17) is 0 Å². The Labute approximate surface area is 126 Å². The maximum absolute atomic E-state index is 3.75. The summed E-state index contributed by atoms with van der Waals surface area (Å²) in [5, 5.41) is 3.75. The van der Waals surface area contributed by atoms with Crippen LogP contribution in [-0.2, 0) is 6.42 Å². The van der Waals surface area contributed by atoms with Crippen molar-refractivity contribution in [3.8, 4) is 0 Å². The molecule has 106 valence electrons. The molecule has 0 heterocycles. The Bertz CT molecular complexity index is 371. The minimum atomic E-state index is 0.641. The lowest BCUT2D eigenvalue weighted by molar-refractivity contribution is 0.384. The molecule has 1 unspecified atom stereocenters. The summed E-state index contributed by atoms with van der Waals surface area (Å²) in [6.45, 7) is 3.39. The molecule has 1 aliphatic carbocycles. The Morgan fingerprint density at radius 3 is 2.68 bits per heavy atom. The maximum atomic E-state index is 3.75. The second-order valence-corrected chi connectivity index (χ2v) is 6.69. The van der Waals surface area contributed by atoms with E-state index in [1.807, 2.05) is 0 Å². The first-order chi connectivity index (χ1) is 9.29. The molecule has 1 N–H and O–H groups in total. The van der Waals surface area contributed by atoms with Crippen molar-refractivity contribution in [1.82, 2.24) is 5.32 Å². The topological polar surface area (TPSA) is 12.0 Å². The zero-order valence-electron chi connectivity index (χ0n) is 12.0. The van der Waals surface area contributed by atoms with Gasteiger partial charge in [0.1, 0.15) is 0 Å². The molecule has 2 heteroatoms. The van der Waals surface area contributed by atoms with E-state index < -0.39 is 0 Å². The summed E-state index contributed by atoms with van der Waals surface area (Å²) >= 11 is 3.68. The van der Waals surface area contributed by atoms with Crippen molar-refractivity contribution < 1.29 is 0 Å². The molecular formula is C17H26BrN. The van der Waals surface area contributed by atoms with Crippen LogP contribution in [0.5, 0.6) is 0 Å². The molecule has 1 nitrogen and oxygen atoms in total. The maximum Gasteiger partial charge on any atom is 0.0207 e. The van der Waals surface area contributed by atoms with E-state index in [1.54, 1.807) is 0 Å². The third-order valence-electron chi connectivity index (χ3n) is 4.20. The molecule has 0 saturated heterocycles. The minimum absolute atomic E-state index is 0.641. The van der Waals surface area contributed by atoms with Crippen molar-refractivity contribution in [2.24, 2.45) is 5.92 Å². The summed E-state index contributed by atoms with van der Waals surface area (Å²) in [5.41, 5.74) is 1.44. The van der Waals surface area contributed by atoms with Crippen molar-refractivity contribution in [2.45, 2.75) is 57.9 Å². The summed E-state index contributed by atoms with van der Waals surface area (Å²) in [4.78, 5) is 0. The van der Waals surface area contributed by atoms with Gasteiger partial charge in [0.25, 0.3) is 0 Å². The molecule has 1 aromatic carbocycles. The van der Waals surface area contributed by atoms with Crippen LogP contribution >= 0.6 is 15.9 Å². The standard InChI is InChI=1S/C17H26BrN/c1-2-11-19-16(12-14-7-3-4-8-14)13-15-9-5-6-10-17(15)18/h5-6,9-10,14,16,19H,2-4,7-8,11-13H2,1H3. The number of hydrogen-bond donors (Lipinski definition) is 1. The van der Waals surface area contributed by atoms with Gasteiger partial charge < -0.3 is 5.32 Å². The summed E-state index contributed by atoms with van der Waals surface area (Å²) in [6, 6.07) is 9.29. The highest BCUT2D eigenvalue weighted by Gasteiger charge is 2.20. The highest BCUT2D eigenvalue weighted by atomic mass is 79.9. The van der Waals surface area contributed by atoms with E-state index in [1.165, 1.54) is 48.6 Å². The van der Waals surface area contributed by atoms with Crippen LogP contribution < -0.4 is 5.32 Å². The monoisotopic (exact) mass is 323 g/mol. The SMILES string of the molecule is CCCNC(Cc1ccccc1Br)CC1CCCC1. The number of hydrogen-bond acceptors (Lipinski definition) is 1. The van der Waals surface area contributed by atoms with Gasteiger partial charge in [0, 0.05) is 10.5 Å². The van der Waals surface area contributed by atoms with Gasteiger partial charge in [0.05, 0.1) is 0 Å². The molecular weight excluding hydrogens is 298 g/mol. The molecule has 0 amide bonds. The smallest absolute Gasteiger partial charge is 0.0207 e. The van der Waals surface area contributed by atoms with Gasteiger partial charge in [-0.15, -0.1) is 0 Å². The lowest BCUT2D eigenvalue weighted by Crippen LogP contribution is -2.33. The van der Waals surface area contributed by atoms with Crippen LogP contribution in [0.4, 0.5) is 0 Å². The Morgan fingerprint density at radius 2 is 2.00 bits per heavy atom. The zero-order valence-corrected chi connectivity index (χ0v) is 13.6. The first kappa shape index (κ1) is 15.1. The van der Waals surface area contributed by atoms with E-state index in [9.17, 15) is 0 Å². The summed E-state index contributed by atoms with van der Waals surface area (Å²) < 4.78 is 1.25. The number of rotatable bonds is 7. The Hall–Kier alpha value is -0.340. The van der Waals surface area contributed by atoms with Crippen LogP contribution in [0, 0.1) is 5.92 Å². The second-order valence-electron chi connectivity index (χ2n) is 5.83. The third kappa shape index (κ3) is 4.92. The van der Waals surface area contributed by atoms with Crippen molar-refractivity contribution in [3.05, 3.63) is 34.3 Å². The van der Waals surface area contributed by atoms with Gasteiger partial charge in [-0.1, -0.05) is 66.7 Å². The lowest BCUT2D eigenvalue weighted by Gasteiger charge is -2.22. The van der Waals surface area contributed by atoms with Gasteiger partial charge in [-0.25, -0.2) is 0 Å². The molecule has 0 radical (unpaired) electrons. The first-order valence-electron chi connectivity index (χ1n) is 7.76.